The summed E-state index contributed by atoms with van der Waals surface area (Å²) < 4.78 is 15.9. The molecule has 9 heteroatoms. The highest BCUT2D eigenvalue weighted by atomic mass is 16.6. The standard InChI is InChI=1S/C22H28O9/c1-11-5-6-16(25)15(10-29-14(4)24)8-19-20(13(3)22(28)31-19)18(7-11)30-21(27)12(2)17(26)9-23/h5,8,16-20,23,25-26H,2-3,6-7,9-10H2,1,4H3/t16-,17-,18-,19+,20+/m0/s1. The topological polar surface area (TPSA) is 140 Å². The van der Waals surface area contributed by atoms with Gasteiger partial charge in [0.1, 0.15) is 24.9 Å². The summed E-state index contributed by atoms with van der Waals surface area (Å²) in [6, 6.07) is 0. The van der Waals surface area contributed by atoms with Crippen LogP contribution in [0.1, 0.15) is 26.7 Å². The molecule has 1 aliphatic heterocycles. The fraction of sp³-hybridized carbons (Fsp3) is 0.500. The van der Waals surface area contributed by atoms with Crippen LogP contribution in [-0.2, 0) is 28.6 Å². The third-order valence-corrected chi connectivity index (χ3v) is 5.22. The first-order valence-electron chi connectivity index (χ1n) is 9.81. The van der Waals surface area contributed by atoms with E-state index >= 15 is 0 Å². The first kappa shape index (κ1) is 24.5. The second-order valence-electron chi connectivity index (χ2n) is 7.62. The Labute approximate surface area is 180 Å². The summed E-state index contributed by atoms with van der Waals surface area (Å²) in [5, 5.41) is 29.3. The van der Waals surface area contributed by atoms with Gasteiger partial charge in [0, 0.05) is 18.9 Å². The van der Waals surface area contributed by atoms with Crippen molar-refractivity contribution < 1.29 is 43.9 Å². The minimum Gasteiger partial charge on any atom is -0.461 e. The smallest absolute Gasteiger partial charge is 0.336 e. The number of carbonyl (C=O) groups excluding carboxylic acids is 3. The minimum atomic E-state index is -1.48. The van der Waals surface area contributed by atoms with Gasteiger partial charge in [-0.15, -0.1) is 0 Å². The molecule has 1 fully saturated rings. The van der Waals surface area contributed by atoms with Crippen molar-refractivity contribution in [1.29, 1.82) is 0 Å². The van der Waals surface area contributed by atoms with Crippen LogP contribution in [0.5, 0.6) is 0 Å². The summed E-state index contributed by atoms with van der Waals surface area (Å²) in [5.41, 5.74) is 0.867. The van der Waals surface area contributed by atoms with Crippen molar-refractivity contribution in [3.63, 3.8) is 0 Å². The molecule has 0 amide bonds. The largest absolute Gasteiger partial charge is 0.461 e. The molecule has 3 N–H and O–H groups in total. The number of aliphatic hydroxyl groups excluding tert-OH is 3. The lowest BCUT2D eigenvalue weighted by Crippen LogP contribution is -2.36. The second-order valence-corrected chi connectivity index (χ2v) is 7.62. The Hall–Kier alpha value is -2.75. The maximum absolute atomic E-state index is 12.5. The average Bonchev–Trinajstić information content (AvgIpc) is 3.00. The summed E-state index contributed by atoms with van der Waals surface area (Å²) >= 11 is 0. The quantitative estimate of drug-likeness (QED) is 0.235. The Morgan fingerprint density at radius 2 is 2.06 bits per heavy atom. The summed E-state index contributed by atoms with van der Waals surface area (Å²) in [5.74, 6) is -2.92. The Morgan fingerprint density at radius 1 is 1.39 bits per heavy atom. The van der Waals surface area contributed by atoms with Gasteiger partial charge >= 0.3 is 17.9 Å². The van der Waals surface area contributed by atoms with E-state index in [2.05, 4.69) is 13.2 Å². The first-order valence-corrected chi connectivity index (χ1v) is 9.81. The Morgan fingerprint density at radius 3 is 2.68 bits per heavy atom. The van der Waals surface area contributed by atoms with E-state index in [9.17, 15) is 24.6 Å². The van der Waals surface area contributed by atoms with Crippen molar-refractivity contribution in [2.75, 3.05) is 13.2 Å². The molecule has 2 aliphatic rings. The number of aliphatic hydroxyl groups is 3. The zero-order valence-electron chi connectivity index (χ0n) is 17.6. The molecule has 0 saturated carbocycles. The molecule has 1 saturated heterocycles. The summed E-state index contributed by atoms with van der Waals surface area (Å²) in [7, 11) is 0. The average molecular weight is 436 g/mol. The maximum Gasteiger partial charge on any atom is 0.336 e. The van der Waals surface area contributed by atoms with Crippen LogP contribution in [0.2, 0.25) is 0 Å². The molecule has 31 heavy (non-hydrogen) atoms. The highest BCUT2D eigenvalue weighted by Gasteiger charge is 2.45. The van der Waals surface area contributed by atoms with E-state index < -0.39 is 54.8 Å². The first-order chi connectivity index (χ1) is 14.5. The maximum atomic E-state index is 12.5. The van der Waals surface area contributed by atoms with E-state index in [1.165, 1.54) is 13.0 Å². The lowest BCUT2D eigenvalue weighted by molar-refractivity contribution is -0.148. The molecule has 0 aromatic carbocycles. The van der Waals surface area contributed by atoms with Crippen molar-refractivity contribution in [2.45, 2.75) is 51.1 Å². The lowest BCUT2D eigenvalue weighted by Gasteiger charge is -2.28. The molecule has 0 radical (unpaired) electrons. The number of esters is 3. The van der Waals surface area contributed by atoms with Crippen LogP contribution < -0.4 is 0 Å². The van der Waals surface area contributed by atoms with Gasteiger partial charge in [-0.2, -0.15) is 0 Å². The molecule has 170 valence electrons. The van der Waals surface area contributed by atoms with Gasteiger partial charge in [-0.05, 0) is 25.0 Å². The molecule has 0 unspecified atom stereocenters. The van der Waals surface area contributed by atoms with Gasteiger partial charge < -0.3 is 29.5 Å². The van der Waals surface area contributed by atoms with Crippen LogP contribution >= 0.6 is 0 Å². The zero-order chi connectivity index (χ0) is 23.3. The molecular weight excluding hydrogens is 408 g/mol. The van der Waals surface area contributed by atoms with Gasteiger partial charge in [-0.3, -0.25) is 4.79 Å². The Balaban J connectivity index is 2.41. The number of carbonyl (C=O) groups is 3. The summed E-state index contributed by atoms with van der Waals surface area (Å²) in [6.07, 6.45) is -0.591. The van der Waals surface area contributed by atoms with Gasteiger partial charge in [0.15, 0.2) is 0 Å². The van der Waals surface area contributed by atoms with Gasteiger partial charge in [-0.25, -0.2) is 9.59 Å². The van der Waals surface area contributed by atoms with Crippen LogP contribution in [0, 0.1) is 5.92 Å². The molecule has 0 spiro atoms. The normalized spacial score (nSPS) is 27.3. The highest BCUT2D eigenvalue weighted by molar-refractivity contribution is 5.92. The van der Waals surface area contributed by atoms with Crippen LogP contribution in [0.3, 0.4) is 0 Å². The molecule has 0 aromatic rings. The third-order valence-electron chi connectivity index (χ3n) is 5.22. The van der Waals surface area contributed by atoms with E-state index in [1.54, 1.807) is 13.0 Å². The van der Waals surface area contributed by atoms with Gasteiger partial charge in [0.05, 0.1) is 24.2 Å². The van der Waals surface area contributed by atoms with Crippen LogP contribution in [0.4, 0.5) is 0 Å². The number of ether oxygens (including phenoxy) is 3. The van der Waals surface area contributed by atoms with Crippen molar-refractivity contribution in [2.24, 2.45) is 5.92 Å². The number of hydrogen-bond acceptors (Lipinski definition) is 9. The predicted molar refractivity (Wildman–Crippen MR) is 108 cm³/mol. The molecule has 1 aliphatic carbocycles. The monoisotopic (exact) mass is 436 g/mol. The number of hydrogen-bond donors (Lipinski definition) is 3. The molecule has 1 heterocycles. The van der Waals surface area contributed by atoms with Crippen LogP contribution in [0.25, 0.3) is 0 Å². The number of fused-ring (bicyclic) bond motifs is 1. The Bertz CT molecular complexity index is 823. The van der Waals surface area contributed by atoms with E-state index in [-0.39, 0.29) is 30.6 Å². The van der Waals surface area contributed by atoms with E-state index in [0.29, 0.717) is 5.57 Å². The molecule has 2 rings (SSSR count). The van der Waals surface area contributed by atoms with Gasteiger partial charge in [0.25, 0.3) is 0 Å². The summed E-state index contributed by atoms with van der Waals surface area (Å²) in [4.78, 5) is 35.9. The second kappa shape index (κ2) is 10.5. The van der Waals surface area contributed by atoms with Crippen LogP contribution in [-0.4, -0.2) is 70.9 Å². The molecular formula is C22H28O9. The van der Waals surface area contributed by atoms with E-state index in [1.807, 2.05) is 0 Å². The molecule has 9 nitrogen and oxygen atoms in total. The van der Waals surface area contributed by atoms with Crippen molar-refractivity contribution in [1.82, 2.24) is 0 Å². The minimum absolute atomic E-state index is 0.0852. The highest BCUT2D eigenvalue weighted by Crippen LogP contribution is 2.36. The number of rotatable bonds is 6. The lowest BCUT2D eigenvalue weighted by atomic mass is 9.85. The fourth-order valence-corrected chi connectivity index (χ4v) is 3.40. The molecule has 5 atom stereocenters. The SMILES string of the molecule is C=C1C(=O)O[C@@H]2C=C(COC(C)=O)[C@@H](O)CC=C(C)C[C@H](OC(=O)C(=C)[C@@H](O)CO)[C@@H]12. The van der Waals surface area contributed by atoms with Gasteiger partial charge in [-0.1, -0.05) is 24.8 Å². The fourth-order valence-electron chi connectivity index (χ4n) is 3.40. The third kappa shape index (κ3) is 6.13. The molecule has 0 bridgehead atoms. The van der Waals surface area contributed by atoms with Crippen molar-refractivity contribution in [3.8, 4) is 0 Å². The van der Waals surface area contributed by atoms with Crippen LogP contribution in [0.15, 0.2) is 47.6 Å². The van der Waals surface area contributed by atoms with E-state index in [4.69, 9.17) is 19.3 Å². The summed E-state index contributed by atoms with van der Waals surface area (Å²) in [6.45, 7) is 9.34. The van der Waals surface area contributed by atoms with Crippen molar-refractivity contribution >= 4 is 17.9 Å². The zero-order valence-corrected chi connectivity index (χ0v) is 17.6. The van der Waals surface area contributed by atoms with E-state index in [0.717, 1.165) is 5.57 Å². The Kier molecular flexibility index (Phi) is 8.32. The van der Waals surface area contributed by atoms with Gasteiger partial charge in [0.2, 0.25) is 0 Å². The van der Waals surface area contributed by atoms with Crippen molar-refractivity contribution in [3.05, 3.63) is 47.6 Å². The molecule has 0 aromatic heterocycles. The predicted octanol–water partition coefficient (Wildman–Crippen LogP) is 0.496.